The van der Waals surface area contributed by atoms with Crippen LogP contribution in [0.3, 0.4) is 0 Å². The molecule has 0 radical (unpaired) electrons. The van der Waals surface area contributed by atoms with Crippen molar-refractivity contribution in [3.63, 3.8) is 0 Å². The topological polar surface area (TPSA) is 24.9 Å². The fraction of sp³-hybridized carbons (Fsp3) is 0.214. The van der Waals surface area contributed by atoms with E-state index >= 15 is 0 Å². The lowest BCUT2D eigenvalue weighted by atomic mass is 10.1. The van der Waals surface area contributed by atoms with E-state index in [-0.39, 0.29) is 11.0 Å². The van der Waals surface area contributed by atoms with Crippen molar-refractivity contribution >= 4 is 23.1 Å². The molecule has 2 rings (SSSR count). The molecule has 1 aromatic carbocycles. The van der Waals surface area contributed by atoms with Gasteiger partial charge in [-0.05, 0) is 36.2 Å². The van der Waals surface area contributed by atoms with Crippen LogP contribution in [0.15, 0.2) is 36.4 Å². The van der Waals surface area contributed by atoms with Crippen LogP contribution in [0, 0.1) is 0 Å². The van der Waals surface area contributed by atoms with Gasteiger partial charge >= 0.3 is 6.18 Å². The van der Waals surface area contributed by atoms with Crippen LogP contribution in [-0.2, 0) is 12.6 Å². The zero-order chi connectivity index (χ0) is 14.8. The Bertz CT molecular complexity index is 612. The largest absolute Gasteiger partial charge is 0.416 e. The average molecular weight is 301 g/mol. The molecule has 0 amide bonds. The molecular formula is C14H12ClF3N2. The van der Waals surface area contributed by atoms with Crippen LogP contribution in [-0.4, -0.2) is 4.98 Å². The molecule has 2 nitrogen and oxygen atoms in total. The maximum Gasteiger partial charge on any atom is 0.416 e. The lowest BCUT2D eigenvalue weighted by Crippen LogP contribution is -2.06. The van der Waals surface area contributed by atoms with Gasteiger partial charge in [-0.3, -0.25) is 0 Å². The van der Waals surface area contributed by atoms with Crippen LogP contribution in [0.2, 0.25) is 5.15 Å². The van der Waals surface area contributed by atoms with Crippen LogP contribution in [0.25, 0.3) is 0 Å². The minimum absolute atomic E-state index is 0.0677. The molecule has 0 spiro atoms. The number of pyridine rings is 1. The number of anilines is 2. The number of aryl methyl sites for hydroxylation is 1. The van der Waals surface area contributed by atoms with Crippen molar-refractivity contribution in [1.82, 2.24) is 4.98 Å². The summed E-state index contributed by atoms with van der Waals surface area (Å²) in [7, 11) is 0. The van der Waals surface area contributed by atoms with Crippen molar-refractivity contribution in [3.8, 4) is 0 Å². The van der Waals surface area contributed by atoms with Gasteiger partial charge in [0, 0.05) is 5.69 Å². The lowest BCUT2D eigenvalue weighted by molar-refractivity contribution is -0.137. The van der Waals surface area contributed by atoms with E-state index in [0.717, 1.165) is 24.1 Å². The molecule has 6 heteroatoms. The third-order valence-corrected chi connectivity index (χ3v) is 2.92. The molecule has 106 valence electrons. The van der Waals surface area contributed by atoms with E-state index in [1.54, 1.807) is 6.07 Å². The molecule has 1 N–H and O–H groups in total. The smallest absolute Gasteiger partial charge is 0.340 e. The highest BCUT2D eigenvalue weighted by Crippen LogP contribution is 2.32. The summed E-state index contributed by atoms with van der Waals surface area (Å²) in [6.07, 6.45) is -3.61. The van der Waals surface area contributed by atoms with Gasteiger partial charge in [0.15, 0.2) is 0 Å². The Balaban J connectivity index is 2.31. The number of hydrogen-bond donors (Lipinski definition) is 1. The van der Waals surface area contributed by atoms with Crippen molar-refractivity contribution < 1.29 is 13.2 Å². The molecule has 0 saturated heterocycles. The predicted octanol–water partition coefficient (Wildman–Crippen LogP) is 5.06. The number of aromatic nitrogens is 1. The van der Waals surface area contributed by atoms with E-state index in [1.165, 1.54) is 0 Å². The summed E-state index contributed by atoms with van der Waals surface area (Å²) in [5.41, 5.74) is 0.923. The van der Waals surface area contributed by atoms with Gasteiger partial charge in [0.05, 0.1) is 5.56 Å². The Hall–Kier alpha value is -1.75. The number of hydrogen-bond acceptors (Lipinski definition) is 2. The molecule has 0 aliphatic carbocycles. The summed E-state index contributed by atoms with van der Waals surface area (Å²) in [6, 6.07) is 9.12. The van der Waals surface area contributed by atoms with Gasteiger partial charge in [0.2, 0.25) is 0 Å². The Morgan fingerprint density at radius 1 is 1.20 bits per heavy atom. The summed E-state index contributed by atoms with van der Waals surface area (Å²) < 4.78 is 38.1. The zero-order valence-corrected chi connectivity index (χ0v) is 11.4. The second-order valence-electron chi connectivity index (χ2n) is 4.24. The molecule has 0 saturated carbocycles. The highest BCUT2D eigenvalue weighted by Gasteiger charge is 2.31. The van der Waals surface area contributed by atoms with E-state index in [9.17, 15) is 13.2 Å². The highest BCUT2D eigenvalue weighted by atomic mass is 35.5. The number of rotatable bonds is 3. The van der Waals surface area contributed by atoms with Crippen LogP contribution in [0.1, 0.15) is 18.1 Å². The molecule has 0 unspecified atom stereocenters. The minimum Gasteiger partial charge on any atom is -0.340 e. The molecule has 1 heterocycles. The molecule has 1 aromatic heterocycles. The van der Waals surface area contributed by atoms with Crippen molar-refractivity contribution in [2.45, 2.75) is 19.5 Å². The van der Waals surface area contributed by atoms with Crippen LogP contribution in [0.4, 0.5) is 24.7 Å². The minimum atomic E-state index is -4.45. The summed E-state index contributed by atoms with van der Waals surface area (Å²) in [5, 5.41) is 2.64. The van der Waals surface area contributed by atoms with Gasteiger partial charge in [0.1, 0.15) is 11.0 Å². The molecule has 0 bridgehead atoms. The number of alkyl halides is 3. The summed E-state index contributed by atoms with van der Waals surface area (Å²) in [4.78, 5) is 3.85. The predicted molar refractivity (Wildman–Crippen MR) is 73.4 cm³/mol. The van der Waals surface area contributed by atoms with Gasteiger partial charge in [-0.1, -0.05) is 30.7 Å². The van der Waals surface area contributed by atoms with Gasteiger partial charge in [-0.25, -0.2) is 4.98 Å². The molecule has 0 fully saturated rings. The maximum absolute atomic E-state index is 12.7. The summed E-state index contributed by atoms with van der Waals surface area (Å²) in [5.74, 6) is 0.0677. The van der Waals surface area contributed by atoms with E-state index in [1.807, 2.05) is 25.1 Å². The van der Waals surface area contributed by atoms with E-state index < -0.39 is 11.7 Å². The number of benzene rings is 1. The van der Waals surface area contributed by atoms with E-state index in [4.69, 9.17) is 11.6 Å². The van der Waals surface area contributed by atoms with Crippen molar-refractivity contribution in [2.75, 3.05) is 5.32 Å². The monoisotopic (exact) mass is 300 g/mol. The quantitative estimate of drug-likeness (QED) is 0.801. The molecule has 20 heavy (non-hydrogen) atoms. The summed E-state index contributed by atoms with van der Waals surface area (Å²) >= 11 is 5.63. The fourth-order valence-electron chi connectivity index (χ4n) is 1.74. The first-order valence-corrected chi connectivity index (χ1v) is 6.37. The Kier molecular flexibility index (Phi) is 4.18. The molecular weight excluding hydrogens is 289 g/mol. The molecule has 0 aliphatic heterocycles. The SMILES string of the molecule is CCc1cccc(Nc2cc(C(F)(F)F)cc(Cl)n2)c1. The Labute approximate surface area is 119 Å². The molecule has 0 atom stereocenters. The van der Waals surface area contributed by atoms with Gasteiger partial charge in [0.25, 0.3) is 0 Å². The average Bonchev–Trinajstić information content (AvgIpc) is 2.37. The van der Waals surface area contributed by atoms with Crippen LogP contribution < -0.4 is 5.32 Å². The van der Waals surface area contributed by atoms with Crippen molar-refractivity contribution in [2.24, 2.45) is 0 Å². The van der Waals surface area contributed by atoms with Gasteiger partial charge in [-0.2, -0.15) is 13.2 Å². The Morgan fingerprint density at radius 2 is 1.95 bits per heavy atom. The standard InChI is InChI=1S/C14H12ClF3N2/c1-2-9-4-3-5-11(6-9)19-13-8-10(14(16,17)18)7-12(15)20-13/h3-8H,2H2,1H3,(H,19,20). The van der Waals surface area contributed by atoms with Gasteiger partial charge < -0.3 is 5.32 Å². The Morgan fingerprint density at radius 3 is 2.60 bits per heavy atom. The number of halogens is 4. The highest BCUT2D eigenvalue weighted by molar-refractivity contribution is 6.29. The summed E-state index contributed by atoms with van der Waals surface area (Å²) in [6.45, 7) is 2.00. The second-order valence-corrected chi connectivity index (χ2v) is 4.63. The third kappa shape index (κ3) is 3.63. The number of nitrogens with zero attached hydrogens (tertiary/aromatic N) is 1. The van der Waals surface area contributed by atoms with Gasteiger partial charge in [-0.15, -0.1) is 0 Å². The second kappa shape index (κ2) is 5.71. The normalized spacial score (nSPS) is 11.4. The first kappa shape index (κ1) is 14.7. The lowest BCUT2D eigenvalue weighted by Gasteiger charge is -2.11. The van der Waals surface area contributed by atoms with E-state index in [2.05, 4.69) is 10.3 Å². The fourth-order valence-corrected chi connectivity index (χ4v) is 1.95. The van der Waals surface area contributed by atoms with E-state index in [0.29, 0.717) is 5.69 Å². The zero-order valence-electron chi connectivity index (χ0n) is 10.6. The van der Waals surface area contributed by atoms with Crippen molar-refractivity contribution in [1.29, 1.82) is 0 Å². The first-order chi connectivity index (χ1) is 9.38. The van der Waals surface area contributed by atoms with Crippen LogP contribution >= 0.6 is 11.6 Å². The van der Waals surface area contributed by atoms with Crippen LogP contribution in [0.5, 0.6) is 0 Å². The van der Waals surface area contributed by atoms with Crippen molar-refractivity contribution in [3.05, 3.63) is 52.7 Å². The molecule has 2 aromatic rings. The maximum atomic E-state index is 12.7. The first-order valence-electron chi connectivity index (χ1n) is 5.99. The third-order valence-electron chi connectivity index (χ3n) is 2.73. The molecule has 0 aliphatic rings. The number of nitrogens with one attached hydrogen (secondary N) is 1.